The molecule has 1 saturated carbocycles. The maximum absolute atomic E-state index is 13.7. The number of nitrogens with zero attached hydrogens (tertiary/aromatic N) is 1. The Morgan fingerprint density at radius 2 is 2.04 bits per heavy atom. The lowest BCUT2D eigenvalue weighted by Gasteiger charge is -2.47. The SMILES string of the molecule is CNC(=O)CC1(O)CCCN(C(=O)C2(c3cccc(F)c3)CCC2)C1. The van der Waals surface area contributed by atoms with Gasteiger partial charge in [-0.15, -0.1) is 0 Å². The Kier molecular flexibility index (Phi) is 4.82. The van der Waals surface area contributed by atoms with Crippen molar-refractivity contribution in [3.63, 3.8) is 0 Å². The zero-order valence-electron chi connectivity index (χ0n) is 14.6. The molecule has 1 atom stereocenters. The van der Waals surface area contributed by atoms with Crippen LogP contribution in [0.3, 0.4) is 0 Å². The molecule has 1 saturated heterocycles. The topological polar surface area (TPSA) is 69.6 Å². The van der Waals surface area contributed by atoms with Gasteiger partial charge in [-0.25, -0.2) is 4.39 Å². The lowest BCUT2D eigenvalue weighted by atomic mass is 9.63. The number of β-amino-alcohol motifs (C(OH)–C–C–N with tert-alkyl or cyclic N) is 1. The summed E-state index contributed by atoms with van der Waals surface area (Å²) in [4.78, 5) is 26.6. The van der Waals surface area contributed by atoms with Crippen LogP contribution in [-0.2, 0) is 15.0 Å². The molecule has 0 radical (unpaired) electrons. The maximum atomic E-state index is 13.7. The van der Waals surface area contributed by atoms with Crippen molar-refractivity contribution in [2.24, 2.45) is 0 Å². The van der Waals surface area contributed by atoms with Gasteiger partial charge in [0.1, 0.15) is 5.82 Å². The first-order valence-electron chi connectivity index (χ1n) is 8.87. The summed E-state index contributed by atoms with van der Waals surface area (Å²) in [7, 11) is 1.53. The fourth-order valence-corrected chi connectivity index (χ4v) is 4.06. The van der Waals surface area contributed by atoms with Crippen LogP contribution in [0.4, 0.5) is 4.39 Å². The lowest BCUT2D eigenvalue weighted by molar-refractivity contribution is -0.150. The Bertz CT molecular complexity index is 674. The van der Waals surface area contributed by atoms with Crippen molar-refractivity contribution in [3.8, 4) is 0 Å². The molecule has 1 aromatic rings. The van der Waals surface area contributed by atoms with Crippen LogP contribution in [0.1, 0.15) is 44.1 Å². The summed E-state index contributed by atoms with van der Waals surface area (Å²) in [5.74, 6) is -0.633. The Hall–Kier alpha value is -1.95. The van der Waals surface area contributed by atoms with Crippen LogP contribution in [0.15, 0.2) is 24.3 Å². The van der Waals surface area contributed by atoms with Gasteiger partial charge in [-0.3, -0.25) is 9.59 Å². The highest BCUT2D eigenvalue weighted by Gasteiger charge is 2.49. The number of nitrogens with one attached hydrogen (secondary N) is 1. The highest BCUT2D eigenvalue weighted by atomic mass is 19.1. The molecule has 2 fully saturated rings. The number of carbonyl (C=O) groups is 2. The molecule has 1 heterocycles. The first-order chi connectivity index (χ1) is 11.9. The normalized spacial score (nSPS) is 25.2. The molecule has 2 amide bonds. The Morgan fingerprint density at radius 1 is 1.28 bits per heavy atom. The number of piperidine rings is 1. The van der Waals surface area contributed by atoms with Crippen LogP contribution in [0.2, 0.25) is 0 Å². The first-order valence-corrected chi connectivity index (χ1v) is 8.87. The fourth-order valence-electron chi connectivity index (χ4n) is 4.06. The molecule has 2 N–H and O–H groups in total. The van der Waals surface area contributed by atoms with Crippen molar-refractivity contribution in [2.75, 3.05) is 20.1 Å². The van der Waals surface area contributed by atoms with E-state index in [1.165, 1.54) is 19.2 Å². The molecule has 5 nitrogen and oxygen atoms in total. The van der Waals surface area contributed by atoms with Crippen molar-refractivity contribution in [2.45, 2.75) is 49.5 Å². The molecule has 136 valence electrons. The van der Waals surface area contributed by atoms with Gasteiger partial charge in [0.2, 0.25) is 11.8 Å². The summed E-state index contributed by atoms with van der Waals surface area (Å²) in [6, 6.07) is 6.26. The molecule has 25 heavy (non-hydrogen) atoms. The standard InChI is InChI=1S/C19H25FN2O3/c1-21-16(23)12-18(25)7-4-10-22(13-18)17(24)19(8-3-9-19)14-5-2-6-15(20)11-14/h2,5-6,11,25H,3-4,7-10,12-13H2,1H3,(H,21,23). The van der Waals surface area contributed by atoms with Gasteiger partial charge in [0.25, 0.3) is 0 Å². The number of halogens is 1. The number of hydrogen-bond acceptors (Lipinski definition) is 3. The highest BCUT2D eigenvalue weighted by Crippen LogP contribution is 2.46. The molecule has 1 unspecified atom stereocenters. The molecule has 2 aliphatic rings. The summed E-state index contributed by atoms with van der Waals surface area (Å²) in [6.45, 7) is 0.711. The summed E-state index contributed by atoms with van der Waals surface area (Å²) >= 11 is 0. The summed E-state index contributed by atoms with van der Waals surface area (Å²) in [6.07, 6.45) is 3.45. The van der Waals surface area contributed by atoms with E-state index in [-0.39, 0.29) is 30.6 Å². The van der Waals surface area contributed by atoms with Crippen LogP contribution >= 0.6 is 0 Å². The highest BCUT2D eigenvalue weighted by molar-refractivity contribution is 5.89. The monoisotopic (exact) mass is 348 g/mol. The van der Waals surface area contributed by atoms with Crippen molar-refractivity contribution < 1.29 is 19.1 Å². The number of rotatable bonds is 4. The zero-order valence-corrected chi connectivity index (χ0v) is 14.6. The van der Waals surface area contributed by atoms with Crippen LogP contribution in [0.25, 0.3) is 0 Å². The Labute approximate surface area is 147 Å². The zero-order chi connectivity index (χ0) is 18.1. The smallest absolute Gasteiger partial charge is 0.233 e. The van der Waals surface area contributed by atoms with Gasteiger partial charge in [-0.2, -0.15) is 0 Å². The molecule has 0 spiro atoms. The number of carbonyl (C=O) groups excluding carboxylic acids is 2. The van der Waals surface area contributed by atoms with Gasteiger partial charge < -0.3 is 15.3 Å². The minimum Gasteiger partial charge on any atom is -0.388 e. The largest absolute Gasteiger partial charge is 0.388 e. The van der Waals surface area contributed by atoms with Gasteiger partial charge in [0.05, 0.1) is 17.4 Å². The number of likely N-dealkylation sites (tertiary alicyclic amines) is 1. The van der Waals surface area contributed by atoms with Crippen molar-refractivity contribution in [1.29, 1.82) is 0 Å². The van der Waals surface area contributed by atoms with Crippen LogP contribution in [-0.4, -0.2) is 47.6 Å². The average Bonchev–Trinajstić information content (AvgIpc) is 2.53. The van der Waals surface area contributed by atoms with Crippen LogP contribution in [0, 0.1) is 5.82 Å². The van der Waals surface area contributed by atoms with E-state index in [0.29, 0.717) is 37.8 Å². The maximum Gasteiger partial charge on any atom is 0.233 e. The fraction of sp³-hybridized carbons (Fsp3) is 0.579. The minimum atomic E-state index is -1.19. The van der Waals surface area contributed by atoms with Gasteiger partial charge in [-0.05, 0) is 43.4 Å². The second kappa shape index (κ2) is 6.75. The Balaban J connectivity index is 1.80. The van der Waals surface area contributed by atoms with E-state index in [9.17, 15) is 19.1 Å². The van der Waals surface area contributed by atoms with Crippen LogP contribution in [0.5, 0.6) is 0 Å². The summed E-state index contributed by atoms with van der Waals surface area (Å²) < 4.78 is 13.7. The van der Waals surface area contributed by atoms with Crippen LogP contribution < -0.4 is 5.32 Å². The minimum absolute atomic E-state index is 0.0136. The molecule has 1 aliphatic heterocycles. The Morgan fingerprint density at radius 3 is 2.64 bits per heavy atom. The third-order valence-electron chi connectivity index (χ3n) is 5.60. The third kappa shape index (κ3) is 3.40. The predicted octanol–water partition coefficient (Wildman–Crippen LogP) is 1.74. The molecule has 0 aromatic heterocycles. The summed E-state index contributed by atoms with van der Waals surface area (Å²) in [5, 5.41) is 13.3. The second-order valence-electron chi connectivity index (χ2n) is 7.35. The molecule has 1 aliphatic carbocycles. The summed E-state index contributed by atoms with van der Waals surface area (Å²) in [5.41, 5.74) is -1.17. The average molecular weight is 348 g/mol. The number of amides is 2. The van der Waals surface area contributed by atoms with Gasteiger partial charge in [0.15, 0.2) is 0 Å². The van der Waals surface area contributed by atoms with E-state index in [2.05, 4.69) is 5.32 Å². The van der Waals surface area contributed by atoms with E-state index < -0.39 is 11.0 Å². The first kappa shape index (κ1) is 17.9. The third-order valence-corrected chi connectivity index (χ3v) is 5.60. The second-order valence-corrected chi connectivity index (χ2v) is 7.35. The predicted molar refractivity (Wildman–Crippen MR) is 91.4 cm³/mol. The van der Waals surface area contributed by atoms with E-state index in [4.69, 9.17) is 0 Å². The van der Waals surface area contributed by atoms with E-state index in [0.717, 1.165) is 6.42 Å². The quantitative estimate of drug-likeness (QED) is 0.871. The molecule has 3 rings (SSSR count). The number of aliphatic hydroxyl groups is 1. The van der Waals surface area contributed by atoms with E-state index in [1.807, 2.05) is 0 Å². The van der Waals surface area contributed by atoms with Gasteiger partial charge >= 0.3 is 0 Å². The molecule has 0 bridgehead atoms. The van der Waals surface area contributed by atoms with Gasteiger partial charge in [0, 0.05) is 20.1 Å². The molecular weight excluding hydrogens is 323 g/mol. The van der Waals surface area contributed by atoms with Crippen molar-refractivity contribution in [3.05, 3.63) is 35.6 Å². The van der Waals surface area contributed by atoms with Crippen molar-refractivity contribution >= 4 is 11.8 Å². The molecule has 1 aromatic carbocycles. The number of benzene rings is 1. The molecular formula is C19H25FN2O3. The van der Waals surface area contributed by atoms with E-state index in [1.54, 1.807) is 17.0 Å². The van der Waals surface area contributed by atoms with Crippen molar-refractivity contribution in [1.82, 2.24) is 10.2 Å². The lowest BCUT2D eigenvalue weighted by Crippen LogP contribution is -2.58. The molecule has 6 heteroatoms. The number of hydrogen-bond donors (Lipinski definition) is 2. The van der Waals surface area contributed by atoms with E-state index >= 15 is 0 Å². The van der Waals surface area contributed by atoms with Gasteiger partial charge in [-0.1, -0.05) is 18.6 Å².